The minimum atomic E-state index is 0. The second kappa shape index (κ2) is 11.7. The van der Waals surface area contributed by atoms with Gasteiger partial charge >= 0.3 is 0 Å². The molecule has 0 atom stereocenters. The standard InChI is InChI=1S/C28H27ClN6OS.ClH/c1-34-11-13-35(14-12-34)25-10-8-22-27(32-25)33-28(31-22)23-18-37-26(30-23)16-20-15-21(29)7-9-24(20)36-17-19-5-3-2-4-6-19;/h2-10,15,18H,11-14,16-17H2,1H3,(H,31,32,33);1H. The topological polar surface area (TPSA) is 70.2 Å². The van der Waals surface area contributed by atoms with Gasteiger partial charge in [0.15, 0.2) is 11.5 Å². The molecule has 1 aliphatic heterocycles. The van der Waals surface area contributed by atoms with Gasteiger partial charge in [-0.05, 0) is 42.9 Å². The maximum absolute atomic E-state index is 6.32. The van der Waals surface area contributed by atoms with Gasteiger partial charge in [0.2, 0.25) is 0 Å². The molecule has 4 heterocycles. The quantitative estimate of drug-likeness (QED) is 0.257. The second-order valence-corrected chi connectivity index (χ2v) is 10.6. The van der Waals surface area contributed by atoms with Crippen molar-refractivity contribution in [2.45, 2.75) is 13.0 Å². The molecule has 0 radical (unpaired) electrons. The first-order valence-electron chi connectivity index (χ1n) is 12.3. The van der Waals surface area contributed by atoms with Crippen molar-refractivity contribution < 1.29 is 4.74 Å². The summed E-state index contributed by atoms with van der Waals surface area (Å²) in [6.45, 7) is 4.53. The Bertz CT molecular complexity index is 1510. The Morgan fingerprint density at radius 3 is 2.61 bits per heavy atom. The van der Waals surface area contributed by atoms with Gasteiger partial charge in [0.25, 0.3) is 0 Å². The van der Waals surface area contributed by atoms with Crippen LogP contribution in [-0.4, -0.2) is 58.1 Å². The molecule has 196 valence electrons. The highest BCUT2D eigenvalue weighted by atomic mass is 35.5. The molecule has 1 saturated heterocycles. The number of aromatic nitrogens is 4. The lowest BCUT2D eigenvalue weighted by Crippen LogP contribution is -2.44. The lowest BCUT2D eigenvalue weighted by Gasteiger charge is -2.33. The van der Waals surface area contributed by atoms with Gasteiger partial charge in [-0.3, -0.25) is 0 Å². The van der Waals surface area contributed by atoms with Gasteiger partial charge in [0.1, 0.15) is 23.9 Å². The number of ether oxygens (including phenoxy) is 1. The molecule has 10 heteroatoms. The molecule has 0 aliphatic carbocycles. The highest BCUT2D eigenvalue weighted by Crippen LogP contribution is 2.29. The maximum atomic E-state index is 6.32. The SMILES string of the molecule is CN1CCN(c2ccc3[nH]c(-c4csc(Cc5cc(Cl)ccc5OCc5ccccc5)n4)nc3n2)CC1.Cl. The van der Waals surface area contributed by atoms with Crippen molar-refractivity contribution >= 4 is 52.3 Å². The van der Waals surface area contributed by atoms with E-state index in [-0.39, 0.29) is 12.4 Å². The summed E-state index contributed by atoms with van der Waals surface area (Å²) >= 11 is 7.92. The summed E-state index contributed by atoms with van der Waals surface area (Å²) in [6.07, 6.45) is 0.626. The van der Waals surface area contributed by atoms with Crippen LogP contribution < -0.4 is 9.64 Å². The summed E-state index contributed by atoms with van der Waals surface area (Å²) in [5.74, 6) is 2.52. The molecule has 0 saturated carbocycles. The predicted octanol–water partition coefficient (Wildman–Crippen LogP) is 6.08. The number of nitrogens with one attached hydrogen (secondary N) is 1. The van der Waals surface area contributed by atoms with Gasteiger partial charge in [0, 0.05) is 48.6 Å². The van der Waals surface area contributed by atoms with Crippen LogP contribution >= 0.6 is 35.3 Å². The normalized spacial score (nSPS) is 14.0. The summed E-state index contributed by atoms with van der Waals surface area (Å²) in [5.41, 5.74) is 4.57. The second-order valence-electron chi connectivity index (χ2n) is 9.25. The summed E-state index contributed by atoms with van der Waals surface area (Å²) < 4.78 is 6.13. The van der Waals surface area contributed by atoms with Gasteiger partial charge in [0.05, 0.1) is 10.5 Å². The van der Waals surface area contributed by atoms with Crippen LogP contribution in [0.2, 0.25) is 5.02 Å². The number of fused-ring (bicyclic) bond motifs is 1. The van der Waals surface area contributed by atoms with Crippen molar-refractivity contribution in [2.24, 2.45) is 0 Å². The number of aromatic amines is 1. The van der Waals surface area contributed by atoms with Gasteiger partial charge in [-0.15, -0.1) is 23.7 Å². The number of piperazine rings is 1. The highest BCUT2D eigenvalue weighted by molar-refractivity contribution is 7.10. The average molecular weight is 568 g/mol. The predicted molar refractivity (Wildman–Crippen MR) is 157 cm³/mol. The van der Waals surface area contributed by atoms with Crippen LogP contribution in [0.4, 0.5) is 5.82 Å². The maximum Gasteiger partial charge on any atom is 0.180 e. The first-order valence-corrected chi connectivity index (χ1v) is 13.6. The molecule has 38 heavy (non-hydrogen) atoms. The number of likely N-dealkylation sites (N-methyl/N-ethyl adjacent to an activating group) is 1. The molecule has 7 nitrogen and oxygen atoms in total. The number of pyridine rings is 1. The largest absolute Gasteiger partial charge is 0.489 e. The third kappa shape index (κ3) is 5.94. The van der Waals surface area contributed by atoms with Gasteiger partial charge in [-0.1, -0.05) is 41.9 Å². The summed E-state index contributed by atoms with van der Waals surface area (Å²) in [4.78, 5) is 22.5. The lowest BCUT2D eigenvalue weighted by molar-refractivity contribution is 0.303. The van der Waals surface area contributed by atoms with Crippen LogP contribution in [0.15, 0.2) is 66.0 Å². The van der Waals surface area contributed by atoms with Gasteiger partial charge < -0.3 is 19.5 Å². The number of hydrogen-bond acceptors (Lipinski definition) is 7. The van der Waals surface area contributed by atoms with E-state index in [0.717, 1.165) is 70.9 Å². The van der Waals surface area contributed by atoms with E-state index in [1.807, 2.05) is 41.8 Å². The van der Waals surface area contributed by atoms with Crippen LogP contribution in [0.25, 0.3) is 22.7 Å². The number of rotatable bonds is 7. The Balaban J connectivity index is 0.00000294. The molecule has 0 amide bonds. The first kappa shape index (κ1) is 26.4. The molecule has 0 bridgehead atoms. The monoisotopic (exact) mass is 566 g/mol. The first-order chi connectivity index (χ1) is 18.1. The van der Waals surface area contributed by atoms with Crippen LogP contribution in [0.5, 0.6) is 5.75 Å². The fourth-order valence-corrected chi connectivity index (χ4v) is 5.44. The Labute approximate surface area is 236 Å². The van der Waals surface area contributed by atoms with E-state index < -0.39 is 0 Å². The molecule has 5 aromatic rings. The molecule has 6 rings (SSSR count). The number of imidazole rings is 1. The fourth-order valence-electron chi connectivity index (χ4n) is 4.44. The minimum Gasteiger partial charge on any atom is -0.489 e. The van der Waals surface area contributed by atoms with E-state index in [9.17, 15) is 0 Å². The van der Waals surface area contributed by atoms with Gasteiger partial charge in [-0.25, -0.2) is 15.0 Å². The summed E-state index contributed by atoms with van der Waals surface area (Å²) in [6, 6.07) is 20.0. The van der Waals surface area contributed by atoms with E-state index in [1.165, 1.54) is 0 Å². The van der Waals surface area contributed by atoms with Gasteiger partial charge in [-0.2, -0.15) is 0 Å². The van der Waals surface area contributed by atoms with Crippen LogP contribution in [0.3, 0.4) is 0 Å². The number of H-pyrrole nitrogens is 1. The zero-order chi connectivity index (χ0) is 25.2. The number of anilines is 1. The van der Waals surface area contributed by atoms with E-state index >= 15 is 0 Å². The molecule has 1 aliphatic rings. The van der Waals surface area contributed by atoms with Crippen LogP contribution in [0.1, 0.15) is 16.1 Å². The molecule has 0 unspecified atom stereocenters. The molecular weight excluding hydrogens is 539 g/mol. The van der Waals surface area contributed by atoms with Crippen LogP contribution in [0, 0.1) is 0 Å². The number of thiazole rings is 1. The van der Waals surface area contributed by atoms with Crippen molar-refractivity contribution in [3.05, 3.63) is 87.2 Å². The summed E-state index contributed by atoms with van der Waals surface area (Å²) in [7, 11) is 2.15. The number of benzene rings is 2. The average Bonchev–Trinajstić information content (AvgIpc) is 3.56. The zero-order valence-electron chi connectivity index (χ0n) is 20.9. The highest BCUT2D eigenvalue weighted by Gasteiger charge is 2.17. The Morgan fingerprint density at radius 2 is 1.79 bits per heavy atom. The van der Waals surface area contributed by atoms with Crippen molar-refractivity contribution in [1.29, 1.82) is 0 Å². The van der Waals surface area contributed by atoms with Crippen molar-refractivity contribution in [2.75, 3.05) is 38.1 Å². The van der Waals surface area contributed by atoms with E-state index in [4.69, 9.17) is 31.3 Å². The molecule has 1 N–H and O–H groups in total. The van der Waals surface area contributed by atoms with E-state index in [1.54, 1.807) is 11.3 Å². The fraction of sp³-hybridized carbons (Fsp3) is 0.250. The molecule has 0 spiro atoms. The molecular formula is C28H28Cl2N6OS. The zero-order valence-corrected chi connectivity index (χ0v) is 23.3. The van der Waals surface area contributed by atoms with E-state index in [0.29, 0.717) is 23.7 Å². The van der Waals surface area contributed by atoms with E-state index in [2.05, 4.69) is 46.1 Å². The third-order valence-corrected chi connectivity index (χ3v) is 7.64. The Kier molecular flexibility index (Phi) is 8.14. The Morgan fingerprint density at radius 1 is 0.974 bits per heavy atom. The third-order valence-electron chi connectivity index (χ3n) is 6.55. The molecule has 1 fully saturated rings. The van der Waals surface area contributed by atoms with Crippen LogP contribution in [-0.2, 0) is 13.0 Å². The molecule has 2 aromatic carbocycles. The minimum absolute atomic E-state index is 0. The lowest BCUT2D eigenvalue weighted by atomic mass is 10.1. The number of hydrogen-bond donors (Lipinski definition) is 1. The number of halogens is 2. The summed E-state index contributed by atoms with van der Waals surface area (Å²) in [5, 5.41) is 3.68. The molecule has 3 aromatic heterocycles. The van der Waals surface area contributed by atoms with Crippen molar-refractivity contribution in [3.8, 4) is 17.3 Å². The van der Waals surface area contributed by atoms with Crippen molar-refractivity contribution in [3.63, 3.8) is 0 Å². The Hall–Kier alpha value is -3.17. The van der Waals surface area contributed by atoms with Crippen molar-refractivity contribution in [1.82, 2.24) is 24.8 Å². The smallest absolute Gasteiger partial charge is 0.180 e. The number of nitrogens with zero attached hydrogens (tertiary/aromatic N) is 5.